The molecule has 1 heterocycles. The lowest BCUT2D eigenvalue weighted by Crippen LogP contribution is -2.49. The van der Waals surface area contributed by atoms with Gasteiger partial charge < -0.3 is 10.2 Å². The van der Waals surface area contributed by atoms with E-state index in [1.807, 2.05) is 29.2 Å². The Morgan fingerprint density at radius 1 is 1.08 bits per heavy atom. The van der Waals surface area contributed by atoms with Crippen molar-refractivity contribution in [1.29, 1.82) is 0 Å². The summed E-state index contributed by atoms with van der Waals surface area (Å²) < 4.78 is 0. The zero-order valence-corrected chi connectivity index (χ0v) is 14.4. The van der Waals surface area contributed by atoms with E-state index in [4.69, 9.17) is 0 Å². The molecule has 2 saturated carbocycles. The average molecular weight is 326 g/mol. The van der Waals surface area contributed by atoms with Crippen molar-refractivity contribution in [3.63, 3.8) is 0 Å². The molecule has 1 saturated heterocycles. The van der Waals surface area contributed by atoms with Crippen molar-refractivity contribution in [1.82, 2.24) is 10.2 Å². The molecule has 0 bridgehead atoms. The number of rotatable bonds is 4. The summed E-state index contributed by atoms with van der Waals surface area (Å²) in [6, 6.07) is 7.36. The highest BCUT2D eigenvalue weighted by atomic mass is 16.2. The molecule has 1 spiro atoms. The number of nitrogens with zero attached hydrogens (tertiary/aromatic N) is 1. The Hall–Kier alpha value is -1.84. The van der Waals surface area contributed by atoms with Crippen LogP contribution in [-0.2, 0) is 4.79 Å². The number of carbonyl (C=O) groups excluding carboxylic acids is 2. The molecular weight excluding hydrogens is 300 g/mol. The number of carbonyl (C=O) groups is 2. The van der Waals surface area contributed by atoms with Gasteiger partial charge in [-0.25, -0.2) is 0 Å². The Morgan fingerprint density at radius 2 is 1.71 bits per heavy atom. The Kier molecular flexibility index (Phi) is 3.86. The molecule has 0 radical (unpaired) electrons. The fourth-order valence-corrected chi connectivity index (χ4v) is 3.82. The Morgan fingerprint density at radius 3 is 2.25 bits per heavy atom. The second kappa shape index (κ2) is 5.91. The van der Waals surface area contributed by atoms with Crippen LogP contribution in [0.5, 0.6) is 0 Å². The summed E-state index contributed by atoms with van der Waals surface area (Å²) in [7, 11) is 0. The van der Waals surface area contributed by atoms with Gasteiger partial charge in [0.05, 0.1) is 0 Å². The first kappa shape index (κ1) is 15.7. The molecule has 0 aromatic heterocycles. The number of amides is 2. The van der Waals surface area contributed by atoms with Crippen molar-refractivity contribution >= 4 is 11.8 Å². The summed E-state index contributed by atoms with van der Waals surface area (Å²) in [5.41, 5.74) is 2.51. The third kappa shape index (κ3) is 3.19. The molecule has 3 aliphatic rings. The Balaban J connectivity index is 1.31. The zero-order valence-electron chi connectivity index (χ0n) is 14.4. The fourth-order valence-electron chi connectivity index (χ4n) is 3.82. The number of hydrogen-bond donors (Lipinski definition) is 1. The molecule has 128 valence electrons. The molecule has 4 nitrogen and oxygen atoms in total. The third-order valence-electron chi connectivity index (χ3n) is 6.03. The van der Waals surface area contributed by atoms with Gasteiger partial charge in [-0.1, -0.05) is 12.1 Å². The van der Waals surface area contributed by atoms with Crippen LogP contribution in [0.15, 0.2) is 24.3 Å². The first-order chi connectivity index (χ1) is 11.6. The quantitative estimate of drug-likeness (QED) is 0.924. The van der Waals surface area contributed by atoms with Gasteiger partial charge in [0.1, 0.15) is 6.04 Å². The summed E-state index contributed by atoms with van der Waals surface area (Å²) in [5.74, 6) is 0.582. The highest BCUT2D eigenvalue weighted by Gasteiger charge is 2.45. The van der Waals surface area contributed by atoms with Gasteiger partial charge in [0.25, 0.3) is 5.91 Å². The van der Waals surface area contributed by atoms with E-state index < -0.39 is 6.04 Å². The van der Waals surface area contributed by atoms with E-state index in [9.17, 15) is 9.59 Å². The SMILES string of the molecule is C[C@H](NC(=O)c1ccc(C2CC2)cc1)C(=O)N1CCC2(CC1)CC2. The molecule has 2 amide bonds. The standard InChI is InChI=1S/C20H26N2O2/c1-14(19(24)22-12-10-20(8-9-20)11-13-22)21-18(23)17-6-4-16(5-7-17)15-2-3-15/h4-7,14-15H,2-3,8-13H2,1H3,(H,21,23)/t14-/m0/s1. The van der Waals surface area contributed by atoms with Crippen molar-refractivity contribution in [2.24, 2.45) is 5.41 Å². The molecule has 2 aliphatic carbocycles. The third-order valence-corrected chi connectivity index (χ3v) is 6.03. The first-order valence-corrected chi connectivity index (χ1v) is 9.26. The van der Waals surface area contributed by atoms with Gasteiger partial charge in [0, 0.05) is 18.7 Å². The van der Waals surface area contributed by atoms with Crippen LogP contribution in [0.4, 0.5) is 0 Å². The first-order valence-electron chi connectivity index (χ1n) is 9.26. The molecule has 1 aromatic carbocycles. The predicted octanol–water partition coefficient (Wildman–Crippen LogP) is 3.08. The summed E-state index contributed by atoms with van der Waals surface area (Å²) >= 11 is 0. The molecule has 4 heteroatoms. The van der Waals surface area contributed by atoms with E-state index in [0.717, 1.165) is 25.9 Å². The van der Waals surface area contributed by atoms with E-state index >= 15 is 0 Å². The van der Waals surface area contributed by atoms with Gasteiger partial charge in [0.2, 0.25) is 5.91 Å². The lowest BCUT2D eigenvalue weighted by molar-refractivity contribution is -0.134. The number of hydrogen-bond acceptors (Lipinski definition) is 2. The van der Waals surface area contributed by atoms with Crippen LogP contribution in [0.25, 0.3) is 0 Å². The molecule has 0 unspecified atom stereocenters. The highest BCUT2D eigenvalue weighted by Crippen LogP contribution is 2.53. The lowest BCUT2D eigenvalue weighted by Gasteiger charge is -2.33. The summed E-state index contributed by atoms with van der Waals surface area (Å²) in [5, 5.41) is 2.86. The number of nitrogens with one attached hydrogen (secondary N) is 1. The van der Waals surface area contributed by atoms with E-state index in [1.165, 1.54) is 31.2 Å². The topological polar surface area (TPSA) is 49.4 Å². The summed E-state index contributed by atoms with van der Waals surface area (Å²) in [6.45, 7) is 3.48. The Bertz CT molecular complexity index is 634. The number of likely N-dealkylation sites (tertiary alicyclic amines) is 1. The minimum atomic E-state index is -0.464. The van der Waals surface area contributed by atoms with Gasteiger partial charge in [-0.2, -0.15) is 0 Å². The fraction of sp³-hybridized carbons (Fsp3) is 0.600. The molecule has 1 aromatic rings. The van der Waals surface area contributed by atoms with E-state index in [0.29, 0.717) is 16.9 Å². The minimum Gasteiger partial charge on any atom is -0.341 e. The maximum Gasteiger partial charge on any atom is 0.251 e. The van der Waals surface area contributed by atoms with Crippen molar-refractivity contribution in [3.8, 4) is 0 Å². The molecule has 1 N–H and O–H groups in total. The van der Waals surface area contributed by atoms with Crippen molar-refractivity contribution in [2.75, 3.05) is 13.1 Å². The summed E-state index contributed by atoms with van der Waals surface area (Å²) in [6.07, 6.45) is 7.43. The van der Waals surface area contributed by atoms with Crippen LogP contribution in [0, 0.1) is 5.41 Å². The van der Waals surface area contributed by atoms with E-state index in [2.05, 4.69) is 5.32 Å². The zero-order chi connectivity index (χ0) is 16.7. The normalized spacial score (nSPS) is 23.0. The van der Waals surface area contributed by atoms with Crippen molar-refractivity contribution < 1.29 is 9.59 Å². The molecule has 3 fully saturated rings. The van der Waals surface area contributed by atoms with Crippen LogP contribution in [-0.4, -0.2) is 35.8 Å². The molecular formula is C20H26N2O2. The second-order valence-electron chi connectivity index (χ2n) is 7.92. The van der Waals surface area contributed by atoms with Gasteiger partial charge in [-0.15, -0.1) is 0 Å². The van der Waals surface area contributed by atoms with Crippen molar-refractivity contribution in [2.45, 2.75) is 57.4 Å². The highest BCUT2D eigenvalue weighted by molar-refractivity contribution is 5.97. The smallest absolute Gasteiger partial charge is 0.251 e. The van der Waals surface area contributed by atoms with E-state index in [1.54, 1.807) is 6.92 Å². The van der Waals surface area contributed by atoms with Gasteiger partial charge in [-0.05, 0) is 74.5 Å². The lowest BCUT2D eigenvalue weighted by atomic mass is 9.93. The van der Waals surface area contributed by atoms with Crippen molar-refractivity contribution in [3.05, 3.63) is 35.4 Å². The predicted molar refractivity (Wildman–Crippen MR) is 92.8 cm³/mol. The van der Waals surface area contributed by atoms with Crippen LogP contribution in [0.3, 0.4) is 0 Å². The molecule has 24 heavy (non-hydrogen) atoms. The van der Waals surface area contributed by atoms with Crippen LogP contribution in [0.2, 0.25) is 0 Å². The maximum atomic E-state index is 12.6. The number of piperidine rings is 1. The minimum absolute atomic E-state index is 0.0495. The monoisotopic (exact) mass is 326 g/mol. The van der Waals surface area contributed by atoms with Gasteiger partial charge >= 0.3 is 0 Å². The molecule has 1 aliphatic heterocycles. The molecule has 1 atom stereocenters. The van der Waals surface area contributed by atoms with Crippen LogP contribution in [0.1, 0.15) is 67.3 Å². The average Bonchev–Trinajstić information content (AvgIpc) is 3.51. The Labute approximate surface area is 143 Å². The number of benzene rings is 1. The second-order valence-corrected chi connectivity index (χ2v) is 7.92. The summed E-state index contributed by atoms with van der Waals surface area (Å²) in [4.78, 5) is 26.9. The maximum absolute atomic E-state index is 12.6. The van der Waals surface area contributed by atoms with Crippen LogP contribution >= 0.6 is 0 Å². The van der Waals surface area contributed by atoms with E-state index in [-0.39, 0.29) is 11.8 Å². The van der Waals surface area contributed by atoms with Gasteiger partial charge in [0.15, 0.2) is 0 Å². The van der Waals surface area contributed by atoms with Crippen LogP contribution < -0.4 is 5.32 Å². The van der Waals surface area contributed by atoms with Gasteiger partial charge in [-0.3, -0.25) is 9.59 Å². The molecule has 4 rings (SSSR count). The largest absolute Gasteiger partial charge is 0.341 e.